The topological polar surface area (TPSA) is 29.5 Å². The second kappa shape index (κ2) is 7.88. The molecular weight excluding hydrogens is 238 g/mol. The summed E-state index contributed by atoms with van der Waals surface area (Å²) in [5.74, 6) is 0.882. The Balaban J connectivity index is 1.66. The van der Waals surface area contributed by atoms with Crippen molar-refractivity contribution < 1.29 is 9.53 Å². The van der Waals surface area contributed by atoms with Crippen LogP contribution in [0, 0.1) is 5.92 Å². The van der Waals surface area contributed by atoms with Gasteiger partial charge in [0.2, 0.25) is 0 Å². The molecule has 0 saturated heterocycles. The molecule has 110 valence electrons. The SMILES string of the molecule is CCOC(=O)CCCN(CC1CCCCC1)C1CC1. The van der Waals surface area contributed by atoms with E-state index in [9.17, 15) is 4.79 Å². The smallest absolute Gasteiger partial charge is 0.305 e. The summed E-state index contributed by atoms with van der Waals surface area (Å²) >= 11 is 0. The average molecular weight is 267 g/mol. The molecule has 2 fully saturated rings. The predicted molar refractivity (Wildman–Crippen MR) is 77.0 cm³/mol. The lowest BCUT2D eigenvalue weighted by Gasteiger charge is -2.29. The number of hydrogen-bond acceptors (Lipinski definition) is 3. The number of ether oxygens (including phenoxy) is 1. The van der Waals surface area contributed by atoms with Crippen molar-refractivity contribution in [2.24, 2.45) is 5.92 Å². The van der Waals surface area contributed by atoms with Gasteiger partial charge >= 0.3 is 5.97 Å². The second-order valence-electron chi connectivity index (χ2n) is 6.14. The molecule has 0 atom stereocenters. The maximum absolute atomic E-state index is 11.4. The van der Waals surface area contributed by atoms with Crippen LogP contribution in [-0.4, -0.2) is 36.6 Å². The molecule has 0 radical (unpaired) electrons. The van der Waals surface area contributed by atoms with Crippen LogP contribution in [0.5, 0.6) is 0 Å². The van der Waals surface area contributed by atoms with Crippen molar-refractivity contribution in [1.82, 2.24) is 4.90 Å². The maximum atomic E-state index is 11.4. The van der Waals surface area contributed by atoms with Crippen molar-refractivity contribution in [1.29, 1.82) is 0 Å². The molecular formula is C16H29NO2. The van der Waals surface area contributed by atoms with Gasteiger partial charge in [0.15, 0.2) is 0 Å². The van der Waals surface area contributed by atoms with Crippen molar-refractivity contribution >= 4 is 5.97 Å². The zero-order valence-electron chi connectivity index (χ0n) is 12.4. The van der Waals surface area contributed by atoms with E-state index < -0.39 is 0 Å². The minimum Gasteiger partial charge on any atom is -0.466 e. The van der Waals surface area contributed by atoms with E-state index in [1.54, 1.807) is 0 Å². The van der Waals surface area contributed by atoms with Gasteiger partial charge in [0, 0.05) is 19.0 Å². The third-order valence-corrected chi connectivity index (χ3v) is 4.41. The molecule has 2 saturated carbocycles. The fraction of sp³-hybridized carbons (Fsp3) is 0.938. The first-order valence-corrected chi connectivity index (χ1v) is 8.19. The zero-order chi connectivity index (χ0) is 13.5. The Hall–Kier alpha value is -0.570. The summed E-state index contributed by atoms with van der Waals surface area (Å²) in [6.07, 6.45) is 11.4. The number of esters is 1. The predicted octanol–water partition coefficient (Wildman–Crippen LogP) is 3.37. The van der Waals surface area contributed by atoms with Gasteiger partial charge in [-0.25, -0.2) is 0 Å². The molecule has 0 N–H and O–H groups in total. The van der Waals surface area contributed by atoms with Gasteiger partial charge in [-0.3, -0.25) is 4.79 Å². The Morgan fingerprint density at radius 3 is 2.53 bits per heavy atom. The Morgan fingerprint density at radius 2 is 1.89 bits per heavy atom. The van der Waals surface area contributed by atoms with E-state index in [4.69, 9.17) is 4.74 Å². The molecule has 19 heavy (non-hydrogen) atoms. The van der Waals surface area contributed by atoms with Crippen molar-refractivity contribution in [2.75, 3.05) is 19.7 Å². The lowest BCUT2D eigenvalue weighted by molar-refractivity contribution is -0.143. The Kier molecular flexibility index (Phi) is 6.15. The van der Waals surface area contributed by atoms with Crippen molar-refractivity contribution in [3.63, 3.8) is 0 Å². The van der Waals surface area contributed by atoms with Crippen molar-refractivity contribution in [3.8, 4) is 0 Å². The largest absolute Gasteiger partial charge is 0.466 e. The fourth-order valence-corrected chi connectivity index (χ4v) is 3.22. The van der Waals surface area contributed by atoms with E-state index in [2.05, 4.69) is 4.90 Å². The van der Waals surface area contributed by atoms with Crippen LogP contribution in [0.1, 0.15) is 64.7 Å². The molecule has 2 aliphatic rings. The molecule has 0 heterocycles. The van der Waals surface area contributed by atoms with E-state index in [1.165, 1.54) is 51.5 Å². The van der Waals surface area contributed by atoms with E-state index >= 15 is 0 Å². The van der Waals surface area contributed by atoms with Gasteiger partial charge in [0.1, 0.15) is 0 Å². The molecule has 0 unspecified atom stereocenters. The zero-order valence-corrected chi connectivity index (χ0v) is 12.4. The highest BCUT2D eigenvalue weighted by atomic mass is 16.5. The lowest BCUT2D eigenvalue weighted by Crippen LogP contribution is -2.33. The fourth-order valence-electron chi connectivity index (χ4n) is 3.22. The van der Waals surface area contributed by atoms with Crippen LogP contribution < -0.4 is 0 Å². The maximum Gasteiger partial charge on any atom is 0.305 e. The molecule has 2 aliphatic carbocycles. The number of rotatable bonds is 8. The van der Waals surface area contributed by atoms with Crippen molar-refractivity contribution in [3.05, 3.63) is 0 Å². The van der Waals surface area contributed by atoms with E-state index in [1.807, 2.05) is 6.92 Å². The summed E-state index contributed by atoms with van der Waals surface area (Å²) in [4.78, 5) is 14.0. The Labute approximate surface area is 117 Å². The highest BCUT2D eigenvalue weighted by Crippen LogP contribution is 2.31. The van der Waals surface area contributed by atoms with Crippen LogP contribution in [0.4, 0.5) is 0 Å². The van der Waals surface area contributed by atoms with Crippen LogP contribution in [0.3, 0.4) is 0 Å². The normalized spacial score (nSPS) is 20.7. The summed E-state index contributed by atoms with van der Waals surface area (Å²) in [6.45, 7) is 4.73. The first-order valence-electron chi connectivity index (χ1n) is 8.19. The number of carbonyl (C=O) groups excluding carboxylic acids is 1. The summed E-state index contributed by atoms with van der Waals surface area (Å²) in [7, 11) is 0. The average Bonchev–Trinajstić information content (AvgIpc) is 3.23. The van der Waals surface area contributed by atoms with Gasteiger partial charge in [0.25, 0.3) is 0 Å². The first kappa shape index (κ1) is 14.8. The molecule has 0 spiro atoms. The molecule has 0 aromatic carbocycles. The molecule has 3 heteroatoms. The molecule has 0 bridgehead atoms. The standard InChI is InChI=1S/C16H29NO2/c1-2-19-16(18)9-6-12-17(15-10-11-15)13-14-7-4-3-5-8-14/h14-15H,2-13H2,1H3. The van der Waals surface area contributed by atoms with Gasteiger partial charge in [-0.05, 0) is 51.5 Å². The van der Waals surface area contributed by atoms with Gasteiger partial charge in [-0.1, -0.05) is 19.3 Å². The number of nitrogens with zero attached hydrogens (tertiary/aromatic N) is 1. The van der Waals surface area contributed by atoms with E-state index in [-0.39, 0.29) is 5.97 Å². The number of carbonyl (C=O) groups is 1. The van der Waals surface area contributed by atoms with Gasteiger partial charge < -0.3 is 9.64 Å². The third kappa shape index (κ3) is 5.52. The molecule has 3 nitrogen and oxygen atoms in total. The van der Waals surface area contributed by atoms with E-state index in [0.717, 1.165) is 24.9 Å². The first-order chi connectivity index (χ1) is 9.29. The highest BCUT2D eigenvalue weighted by Gasteiger charge is 2.30. The van der Waals surface area contributed by atoms with Crippen LogP contribution in [0.2, 0.25) is 0 Å². The third-order valence-electron chi connectivity index (χ3n) is 4.41. The highest BCUT2D eigenvalue weighted by molar-refractivity contribution is 5.69. The molecule has 0 aliphatic heterocycles. The van der Waals surface area contributed by atoms with Crippen LogP contribution in [-0.2, 0) is 9.53 Å². The summed E-state index contributed by atoms with van der Waals surface area (Å²) in [5.41, 5.74) is 0. The van der Waals surface area contributed by atoms with Crippen LogP contribution in [0.25, 0.3) is 0 Å². The molecule has 2 rings (SSSR count). The minimum absolute atomic E-state index is 0.0316. The van der Waals surface area contributed by atoms with Gasteiger partial charge in [-0.15, -0.1) is 0 Å². The minimum atomic E-state index is -0.0316. The van der Waals surface area contributed by atoms with Gasteiger partial charge in [-0.2, -0.15) is 0 Å². The van der Waals surface area contributed by atoms with Crippen LogP contribution >= 0.6 is 0 Å². The summed E-state index contributed by atoms with van der Waals surface area (Å²) < 4.78 is 4.99. The van der Waals surface area contributed by atoms with Gasteiger partial charge in [0.05, 0.1) is 6.61 Å². The Bertz CT molecular complexity index is 270. The summed E-state index contributed by atoms with van der Waals surface area (Å²) in [6, 6.07) is 0.823. The molecule has 0 aromatic heterocycles. The second-order valence-corrected chi connectivity index (χ2v) is 6.14. The van der Waals surface area contributed by atoms with E-state index in [0.29, 0.717) is 13.0 Å². The number of hydrogen-bond donors (Lipinski definition) is 0. The van der Waals surface area contributed by atoms with Crippen molar-refractivity contribution in [2.45, 2.75) is 70.8 Å². The lowest BCUT2D eigenvalue weighted by atomic mass is 9.89. The quantitative estimate of drug-likeness (QED) is 0.631. The van der Waals surface area contributed by atoms with Crippen LogP contribution in [0.15, 0.2) is 0 Å². The molecule has 0 aromatic rings. The summed E-state index contributed by atoms with van der Waals surface area (Å²) in [5, 5.41) is 0. The molecule has 0 amide bonds. The monoisotopic (exact) mass is 267 g/mol. The Morgan fingerprint density at radius 1 is 1.16 bits per heavy atom.